The molecule has 106 valence electrons. The van der Waals surface area contributed by atoms with Crippen LogP contribution in [0.25, 0.3) is 0 Å². The summed E-state index contributed by atoms with van der Waals surface area (Å²) in [6.07, 6.45) is 4.91. The third-order valence-electron chi connectivity index (χ3n) is 3.30. The van der Waals surface area contributed by atoms with E-state index in [0.717, 1.165) is 24.7 Å². The Bertz CT molecular complexity index is 375. The van der Waals surface area contributed by atoms with Gasteiger partial charge in [-0.15, -0.1) is 0 Å². The van der Waals surface area contributed by atoms with E-state index in [0.29, 0.717) is 6.42 Å². The van der Waals surface area contributed by atoms with Gasteiger partial charge in [-0.1, -0.05) is 52.2 Å². The van der Waals surface area contributed by atoms with Gasteiger partial charge in [0.15, 0.2) is 0 Å². The highest BCUT2D eigenvalue weighted by Gasteiger charge is 2.08. The lowest BCUT2D eigenvalue weighted by Gasteiger charge is -2.17. The van der Waals surface area contributed by atoms with Crippen molar-refractivity contribution < 1.29 is 4.79 Å². The molecule has 0 bridgehead atoms. The predicted octanol–water partition coefficient (Wildman–Crippen LogP) is 3.95. The van der Waals surface area contributed by atoms with Crippen molar-refractivity contribution in [3.63, 3.8) is 0 Å². The number of rotatable bonds is 8. The first-order valence-corrected chi connectivity index (χ1v) is 8.11. The molecule has 0 aliphatic heterocycles. The number of hydrogen-bond donors (Lipinski definition) is 0. The van der Waals surface area contributed by atoms with Crippen LogP contribution in [0.2, 0.25) is 0 Å². The molecule has 0 N–H and O–H groups in total. The molecule has 0 spiro atoms. The van der Waals surface area contributed by atoms with Gasteiger partial charge in [0.25, 0.3) is 0 Å². The Morgan fingerprint density at radius 3 is 2.47 bits per heavy atom. The largest absolute Gasteiger partial charge is 0.346 e. The summed E-state index contributed by atoms with van der Waals surface area (Å²) >= 11 is 3.42. The number of unbranched alkanes of at least 4 members (excludes halogenated alkanes) is 2. The van der Waals surface area contributed by atoms with E-state index < -0.39 is 0 Å². The van der Waals surface area contributed by atoms with Gasteiger partial charge in [-0.05, 0) is 31.7 Å². The maximum Gasteiger partial charge on any atom is 0.222 e. The lowest BCUT2D eigenvalue weighted by atomic mass is 10.1. The number of alkyl halides is 1. The van der Waals surface area contributed by atoms with Crippen LogP contribution in [0.3, 0.4) is 0 Å². The first-order chi connectivity index (χ1) is 9.13. The molecule has 0 aromatic heterocycles. The van der Waals surface area contributed by atoms with Crippen LogP contribution in [0.1, 0.15) is 36.8 Å². The van der Waals surface area contributed by atoms with E-state index in [4.69, 9.17) is 0 Å². The zero-order valence-corrected chi connectivity index (χ0v) is 13.6. The van der Waals surface area contributed by atoms with Gasteiger partial charge < -0.3 is 4.90 Å². The first kappa shape index (κ1) is 16.2. The SMILES string of the molecule is Cc1ccc(CCC(=O)N(C)CCCCCBr)cc1. The minimum atomic E-state index is 0.249. The Hall–Kier alpha value is -0.830. The third-order valence-corrected chi connectivity index (χ3v) is 3.86. The zero-order valence-electron chi connectivity index (χ0n) is 12.0. The number of aryl methyl sites for hydroxylation is 2. The van der Waals surface area contributed by atoms with E-state index in [9.17, 15) is 4.79 Å². The molecular weight excluding hydrogens is 302 g/mol. The van der Waals surface area contributed by atoms with Crippen molar-refractivity contribution in [2.75, 3.05) is 18.9 Å². The fourth-order valence-corrected chi connectivity index (χ4v) is 2.34. The number of carbonyl (C=O) groups is 1. The van der Waals surface area contributed by atoms with Crippen LogP contribution < -0.4 is 0 Å². The van der Waals surface area contributed by atoms with Gasteiger partial charge in [0.1, 0.15) is 0 Å². The van der Waals surface area contributed by atoms with Crippen molar-refractivity contribution in [1.82, 2.24) is 4.90 Å². The number of halogens is 1. The highest BCUT2D eigenvalue weighted by Crippen LogP contribution is 2.07. The molecule has 1 rings (SSSR count). The molecule has 0 saturated heterocycles. The molecule has 0 radical (unpaired) electrons. The van der Waals surface area contributed by atoms with E-state index >= 15 is 0 Å². The fourth-order valence-electron chi connectivity index (χ4n) is 1.94. The Morgan fingerprint density at radius 1 is 1.16 bits per heavy atom. The summed E-state index contributed by atoms with van der Waals surface area (Å²) in [6.45, 7) is 2.95. The lowest BCUT2D eigenvalue weighted by molar-refractivity contribution is -0.129. The normalized spacial score (nSPS) is 10.5. The molecule has 2 nitrogen and oxygen atoms in total. The van der Waals surface area contributed by atoms with E-state index in [2.05, 4.69) is 47.1 Å². The van der Waals surface area contributed by atoms with Crippen LogP contribution >= 0.6 is 15.9 Å². The molecule has 19 heavy (non-hydrogen) atoms. The second-order valence-corrected chi connectivity index (χ2v) is 5.84. The minimum Gasteiger partial charge on any atom is -0.346 e. The van der Waals surface area contributed by atoms with E-state index in [1.54, 1.807) is 0 Å². The lowest BCUT2D eigenvalue weighted by Crippen LogP contribution is -2.27. The van der Waals surface area contributed by atoms with Gasteiger partial charge >= 0.3 is 0 Å². The molecule has 1 amide bonds. The van der Waals surface area contributed by atoms with E-state index in [-0.39, 0.29) is 5.91 Å². The van der Waals surface area contributed by atoms with Crippen molar-refractivity contribution >= 4 is 21.8 Å². The summed E-state index contributed by atoms with van der Waals surface area (Å²) in [4.78, 5) is 13.8. The fraction of sp³-hybridized carbons (Fsp3) is 0.562. The quantitative estimate of drug-likeness (QED) is 0.523. The highest BCUT2D eigenvalue weighted by molar-refractivity contribution is 9.09. The average Bonchev–Trinajstić information content (AvgIpc) is 2.42. The average molecular weight is 326 g/mol. The van der Waals surface area contributed by atoms with Crippen molar-refractivity contribution in [3.05, 3.63) is 35.4 Å². The topological polar surface area (TPSA) is 20.3 Å². The van der Waals surface area contributed by atoms with Crippen molar-refractivity contribution in [1.29, 1.82) is 0 Å². The van der Waals surface area contributed by atoms with Crippen LogP contribution in [0.4, 0.5) is 0 Å². The Balaban J connectivity index is 2.24. The summed E-state index contributed by atoms with van der Waals surface area (Å²) < 4.78 is 0. The summed E-state index contributed by atoms with van der Waals surface area (Å²) in [6, 6.07) is 8.42. The molecule has 0 fully saturated rings. The van der Waals surface area contributed by atoms with Crippen molar-refractivity contribution in [2.45, 2.75) is 39.0 Å². The van der Waals surface area contributed by atoms with Crippen LogP contribution in [0.15, 0.2) is 24.3 Å². The molecule has 1 aromatic rings. The molecule has 0 aliphatic carbocycles. The van der Waals surface area contributed by atoms with Crippen LogP contribution in [0, 0.1) is 6.92 Å². The molecule has 1 aromatic carbocycles. The van der Waals surface area contributed by atoms with Gasteiger partial charge in [-0.25, -0.2) is 0 Å². The number of benzene rings is 1. The number of carbonyl (C=O) groups excluding carboxylic acids is 1. The summed E-state index contributed by atoms with van der Waals surface area (Å²) in [5, 5.41) is 1.05. The molecule has 0 aliphatic rings. The minimum absolute atomic E-state index is 0.249. The monoisotopic (exact) mass is 325 g/mol. The van der Waals surface area contributed by atoms with E-state index in [1.807, 2.05) is 11.9 Å². The van der Waals surface area contributed by atoms with Crippen molar-refractivity contribution in [3.8, 4) is 0 Å². The van der Waals surface area contributed by atoms with Crippen LogP contribution in [0.5, 0.6) is 0 Å². The van der Waals surface area contributed by atoms with Crippen molar-refractivity contribution in [2.24, 2.45) is 0 Å². The second kappa shape index (κ2) is 9.13. The van der Waals surface area contributed by atoms with Gasteiger partial charge in [0.05, 0.1) is 0 Å². The van der Waals surface area contributed by atoms with Gasteiger partial charge in [-0.2, -0.15) is 0 Å². The molecule has 0 unspecified atom stereocenters. The van der Waals surface area contributed by atoms with Gasteiger partial charge in [0.2, 0.25) is 5.91 Å². The molecule has 0 saturated carbocycles. The maximum atomic E-state index is 12.0. The molecule has 0 atom stereocenters. The van der Waals surface area contributed by atoms with Crippen LogP contribution in [-0.4, -0.2) is 29.7 Å². The second-order valence-electron chi connectivity index (χ2n) is 5.05. The van der Waals surface area contributed by atoms with Crippen LogP contribution in [-0.2, 0) is 11.2 Å². The summed E-state index contributed by atoms with van der Waals surface area (Å²) in [5.74, 6) is 0.249. The zero-order chi connectivity index (χ0) is 14.1. The number of hydrogen-bond acceptors (Lipinski definition) is 1. The standard InChI is InChI=1S/C16H24BrNO/c1-14-6-8-15(9-7-14)10-11-16(19)18(2)13-5-3-4-12-17/h6-9H,3-5,10-13H2,1-2H3. The molecular formula is C16H24BrNO. The smallest absolute Gasteiger partial charge is 0.222 e. The molecule has 0 heterocycles. The number of nitrogens with zero attached hydrogens (tertiary/aromatic N) is 1. The Labute approximate surface area is 125 Å². The number of amides is 1. The highest BCUT2D eigenvalue weighted by atomic mass is 79.9. The molecule has 3 heteroatoms. The maximum absolute atomic E-state index is 12.0. The summed E-state index contributed by atoms with van der Waals surface area (Å²) in [5.41, 5.74) is 2.51. The Morgan fingerprint density at radius 2 is 1.84 bits per heavy atom. The van der Waals surface area contributed by atoms with Gasteiger partial charge in [0, 0.05) is 25.3 Å². The first-order valence-electron chi connectivity index (χ1n) is 6.99. The third kappa shape index (κ3) is 6.76. The predicted molar refractivity (Wildman–Crippen MR) is 84.8 cm³/mol. The Kier molecular flexibility index (Phi) is 7.80. The summed E-state index contributed by atoms with van der Waals surface area (Å²) in [7, 11) is 1.91. The van der Waals surface area contributed by atoms with Gasteiger partial charge in [-0.3, -0.25) is 4.79 Å². The van der Waals surface area contributed by atoms with E-state index in [1.165, 1.54) is 24.0 Å².